The van der Waals surface area contributed by atoms with Gasteiger partial charge in [-0.05, 0) is 42.8 Å². The first-order valence-corrected chi connectivity index (χ1v) is 19.3. The highest BCUT2D eigenvalue weighted by Crippen LogP contribution is 2.36. The van der Waals surface area contributed by atoms with Crippen molar-refractivity contribution in [1.29, 1.82) is 0 Å². The number of carbonyl (C=O) groups is 4. The molecular weight excluding hydrogens is 704 g/mol. The maximum absolute atomic E-state index is 13.3. The number of hydrogen-bond acceptors (Lipinski definition) is 14. The van der Waals surface area contributed by atoms with E-state index in [4.69, 9.17) is 4.74 Å². The monoisotopic (exact) mass is 750 g/mol. The van der Waals surface area contributed by atoms with Gasteiger partial charge in [-0.1, -0.05) is 12.1 Å². The van der Waals surface area contributed by atoms with Gasteiger partial charge in [0.25, 0.3) is 11.8 Å². The number of fused-ring (bicyclic) bond motifs is 4. The Morgan fingerprint density at radius 3 is 2.44 bits per heavy atom. The second kappa shape index (κ2) is 14.8. The van der Waals surface area contributed by atoms with Gasteiger partial charge < -0.3 is 25.0 Å². The minimum absolute atomic E-state index is 0.0975. The van der Waals surface area contributed by atoms with Crippen LogP contribution in [0, 0.1) is 0 Å². The molecule has 4 fully saturated rings. The molecule has 288 valence electrons. The molecule has 55 heavy (non-hydrogen) atoms. The highest BCUT2D eigenvalue weighted by molar-refractivity contribution is 6.23. The molecule has 2 aromatic carbocycles. The van der Waals surface area contributed by atoms with Crippen molar-refractivity contribution < 1.29 is 29.0 Å². The van der Waals surface area contributed by atoms with Gasteiger partial charge in [-0.3, -0.25) is 44.1 Å². The zero-order valence-electron chi connectivity index (χ0n) is 30.7. The fraction of sp³-hybridized carbons (Fsp3) is 0.487. The number of aromatic hydroxyl groups is 1. The molecule has 9 rings (SSSR count). The summed E-state index contributed by atoms with van der Waals surface area (Å²) in [6.07, 6.45) is 0.392. The third kappa shape index (κ3) is 6.99. The number of piperidine rings is 1. The summed E-state index contributed by atoms with van der Waals surface area (Å²) in [6, 6.07) is 13.9. The van der Waals surface area contributed by atoms with E-state index in [9.17, 15) is 24.3 Å². The number of hydrogen-bond donors (Lipinski definition) is 3. The van der Waals surface area contributed by atoms with Crippen LogP contribution in [0.25, 0.3) is 11.3 Å². The van der Waals surface area contributed by atoms with E-state index in [2.05, 4.69) is 45.3 Å². The molecule has 3 aromatic rings. The lowest BCUT2D eigenvalue weighted by Gasteiger charge is -2.47. The smallest absolute Gasteiger partial charge is 0.262 e. The van der Waals surface area contributed by atoms with Gasteiger partial charge in [0.05, 0.1) is 41.3 Å². The molecule has 6 aliphatic rings. The lowest BCUT2D eigenvalue weighted by Crippen LogP contribution is -2.60. The molecule has 7 heterocycles. The van der Waals surface area contributed by atoms with Crippen LogP contribution >= 0.6 is 0 Å². The van der Waals surface area contributed by atoms with Crippen LogP contribution in [0.1, 0.15) is 33.6 Å². The fourth-order valence-electron chi connectivity index (χ4n) is 8.89. The summed E-state index contributed by atoms with van der Waals surface area (Å²) in [5.74, 6) is -0.968. The Balaban J connectivity index is 0.739. The van der Waals surface area contributed by atoms with Crippen molar-refractivity contribution in [2.75, 3.05) is 107 Å². The van der Waals surface area contributed by atoms with Crippen molar-refractivity contribution in [3.63, 3.8) is 0 Å². The van der Waals surface area contributed by atoms with Crippen molar-refractivity contribution >= 4 is 40.8 Å². The van der Waals surface area contributed by atoms with Gasteiger partial charge in [-0.2, -0.15) is 0 Å². The number of benzene rings is 2. The number of anilines is 3. The van der Waals surface area contributed by atoms with Gasteiger partial charge in [0.2, 0.25) is 11.8 Å². The number of para-hydroxylation sites is 1. The Hall–Kier alpha value is -5.16. The number of morpholine rings is 1. The highest BCUT2D eigenvalue weighted by Gasteiger charge is 2.45. The van der Waals surface area contributed by atoms with E-state index in [-0.39, 0.29) is 30.6 Å². The van der Waals surface area contributed by atoms with E-state index in [1.54, 1.807) is 24.3 Å². The topological polar surface area (TPSA) is 167 Å². The Morgan fingerprint density at radius 1 is 0.800 bits per heavy atom. The molecule has 3 N–H and O–H groups in total. The molecule has 4 amide bonds. The normalized spacial score (nSPS) is 25.0. The Bertz CT molecular complexity index is 2000. The first-order chi connectivity index (χ1) is 26.8. The molecule has 4 saturated heterocycles. The minimum atomic E-state index is -0.966. The number of phenols is 1. The van der Waals surface area contributed by atoms with Crippen molar-refractivity contribution in [2.45, 2.75) is 31.0 Å². The quantitative estimate of drug-likeness (QED) is 0.275. The highest BCUT2D eigenvalue weighted by atomic mass is 16.5. The van der Waals surface area contributed by atoms with Crippen LogP contribution < -0.4 is 20.4 Å². The summed E-state index contributed by atoms with van der Waals surface area (Å²) in [6.45, 7) is 12.3. The number of imide groups is 2. The minimum Gasteiger partial charge on any atom is -0.507 e. The van der Waals surface area contributed by atoms with E-state index in [0.717, 1.165) is 114 Å². The second-order valence-corrected chi connectivity index (χ2v) is 15.3. The van der Waals surface area contributed by atoms with E-state index in [1.165, 1.54) is 0 Å². The number of carbonyl (C=O) groups excluding carboxylic acids is 4. The zero-order valence-corrected chi connectivity index (χ0v) is 30.7. The summed E-state index contributed by atoms with van der Waals surface area (Å²) in [4.78, 5) is 63.7. The van der Waals surface area contributed by atoms with Crippen LogP contribution in [0.3, 0.4) is 0 Å². The molecule has 16 nitrogen and oxygen atoms in total. The SMILES string of the molecule is O=C1CCC(N2C(=O)c3ccc(N4CCN(CCN5CCO[C@H](CN6CCN7c8cc(-c9ccccc9O)nnc8NC[C@H]7C6)C5)CC4)cc3C2=O)C(=O)N1. The second-order valence-electron chi connectivity index (χ2n) is 15.3. The maximum atomic E-state index is 13.3. The molecule has 0 radical (unpaired) electrons. The molecule has 3 atom stereocenters. The van der Waals surface area contributed by atoms with Crippen LogP contribution in [0.2, 0.25) is 0 Å². The van der Waals surface area contributed by atoms with Crippen LogP contribution in [0.4, 0.5) is 17.2 Å². The molecule has 6 aliphatic heterocycles. The largest absolute Gasteiger partial charge is 0.507 e. The first-order valence-electron chi connectivity index (χ1n) is 19.3. The first kappa shape index (κ1) is 35.5. The maximum Gasteiger partial charge on any atom is 0.262 e. The predicted molar refractivity (Wildman–Crippen MR) is 203 cm³/mol. The van der Waals surface area contributed by atoms with E-state index in [0.29, 0.717) is 28.4 Å². The summed E-state index contributed by atoms with van der Waals surface area (Å²) in [7, 11) is 0. The van der Waals surface area contributed by atoms with Crippen molar-refractivity contribution in [3.8, 4) is 17.0 Å². The van der Waals surface area contributed by atoms with Gasteiger partial charge in [0, 0.05) is 103 Å². The zero-order chi connectivity index (χ0) is 37.6. The third-order valence-corrected chi connectivity index (χ3v) is 11.9. The summed E-state index contributed by atoms with van der Waals surface area (Å²) >= 11 is 0. The van der Waals surface area contributed by atoms with Crippen LogP contribution in [0.15, 0.2) is 48.5 Å². The van der Waals surface area contributed by atoms with E-state index in [1.807, 2.05) is 24.3 Å². The predicted octanol–water partition coefficient (Wildman–Crippen LogP) is 0.690. The number of nitrogens with zero attached hydrogens (tertiary/aromatic N) is 8. The van der Waals surface area contributed by atoms with Crippen molar-refractivity contribution in [2.24, 2.45) is 0 Å². The third-order valence-electron chi connectivity index (χ3n) is 11.9. The molecule has 16 heteroatoms. The Labute approximate surface area is 319 Å². The molecule has 0 bridgehead atoms. The average Bonchev–Trinajstić information content (AvgIpc) is 3.45. The molecule has 1 unspecified atom stereocenters. The summed E-state index contributed by atoms with van der Waals surface area (Å²) in [5, 5.41) is 24.9. The number of nitrogens with one attached hydrogen (secondary N) is 2. The number of phenolic OH excluding ortho intramolecular Hbond substituents is 1. The lowest BCUT2D eigenvalue weighted by atomic mass is 10.0. The Kier molecular flexibility index (Phi) is 9.58. The number of ether oxygens (including phenoxy) is 1. The van der Waals surface area contributed by atoms with Gasteiger partial charge in [-0.25, -0.2) is 0 Å². The number of aromatic nitrogens is 2. The van der Waals surface area contributed by atoms with Crippen LogP contribution in [0.5, 0.6) is 5.75 Å². The van der Waals surface area contributed by atoms with Crippen LogP contribution in [-0.2, 0) is 14.3 Å². The van der Waals surface area contributed by atoms with Gasteiger partial charge in [0.15, 0.2) is 5.82 Å². The van der Waals surface area contributed by atoms with Crippen LogP contribution in [-0.4, -0.2) is 168 Å². The van der Waals surface area contributed by atoms with Gasteiger partial charge >= 0.3 is 0 Å². The standard InChI is InChI=1S/C39H46N10O6/c50-34-4-2-1-3-29(34)31-20-33-36(43-42-31)40-21-26-22-46(13-16-48(26)33)24-27-23-45(17-18-55-27)10-9-44-11-14-47(15-12-44)25-5-6-28-30(19-25)39(54)49(38(28)53)32-7-8-35(51)41-37(32)52/h1-6,19-20,26-27,32,50H,7-18,21-24H2,(H,40,43)(H,41,51,52)/t26-,27-,32?/m0/s1. The molecule has 0 spiro atoms. The molecule has 0 saturated carbocycles. The summed E-state index contributed by atoms with van der Waals surface area (Å²) in [5.41, 5.74) is 3.87. The molecule has 0 aliphatic carbocycles. The molecule has 1 aromatic heterocycles. The lowest BCUT2D eigenvalue weighted by molar-refractivity contribution is -0.136. The fourth-order valence-corrected chi connectivity index (χ4v) is 8.89. The summed E-state index contributed by atoms with van der Waals surface area (Å²) < 4.78 is 6.27. The average molecular weight is 751 g/mol. The number of amides is 4. The Morgan fingerprint density at radius 2 is 1.60 bits per heavy atom. The number of rotatable bonds is 8. The van der Waals surface area contributed by atoms with Gasteiger partial charge in [0.1, 0.15) is 11.8 Å². The number of piperazine rings is 2. The van der Waals surface area contributed by atoms with E-state index < -0.39 is 23.8 Å². The van der Waals surface area contributed by atoms with E-state index >= 15 is 0 Å². The van der Waals surface area contributed by atoms with Crippen molar-refractivity contribution in [3.05, 3.63) is 59.7 Å². The van der Waals surface area contributed by atoms with Crippen molar-refractivity contribution in [1.82, 2.24) is 35.1 Å². The van der Waals surface area contributed by atoms with Gasteiger partial charge in [-0.15, -0.1) is 10.2 Å². The molecular formula is C39H46N10O6.